The van der Waals surface area contributed by atoms with E-state index >= 15 is 0 Å². The third kappa shape index (κ3) is 1.80. The van der Waals surface area contributed by atoms with E-state index in [1.54, 1.807) is 0 Å². The summed E-state index contributed by atoms with van der Waals surface area (Å²) in [7, 11) is 0. The lowest BCUT2D eigenvalue weighted by atomic mass is 9.85. The van der Waals surface area contributed by atoms with Gasteiger partial charge in [0.05, 0.1) is 0 Å². The van der Waals surface area contributed by atoms with E-state index in [1.165, 1.54) is 11.1 Å². The van der Waals surface area contributed by atoms with Crippen LogP contribution in [-0.4, -0.2) is 0 Å². The van der Waals surface area contributed by atoms with Crippen LogP contribution >= 0.6 is 0 Å². The van der Waals surface area contributed by atoms with Crippen LogP contribution in [0.2, 0.25) is 0 Å². The van der Waals surface area contributed by atoms with E-state index in [9.17, 15) is 0 Å². The average molecular weight is 160 g/mol. The number of hydrogen-bond acceptors (Lipinski definition) is 0. The Hall–Kier alpha value is -0.960. The molecule has 0 heterocycles. The van der Waals surface area contributed by atoms with Gasteiger partial charge in [0, 0.05) is 11.1 Å². The topological polar surface area (TPSA) is 0 Å². The fraction of sp³-hybridized carbons (Fsp3) is 0.500. The summed E-state index contributed by atoms with van der Waals surface area (Å²) >= 11 is 0. The lowest BCUT2D eigenvalue weighted by molar-refractivity contribution is 0.437. The van der Waals surface area contributed by atoms with Crippen molar-refractivity contribution in [3.05, 3.63) is 35.3 Å². The first kappa shape index (κ1) is 9.13. The van der Waals surface area contributed by atoms with Crippen LogP contribution in [-0.2, 0) is 0 Å². The molecule has 0 bridgehead atoms. The second-order valence-electron chi connectivity index (χ2n) is 3.55. The van der Waals surface area contributed by atoms with Crippen molar-refractivity contribution in [1.82, 2.24) is 0 Å². The molecule has 0 aromatic heterocycles. The molecule has 0 aromatic rings. The summed E-state index contributed by atoms with van der Waals surface area (Å²) in [4.78, 5) is 0. The summed E-state index contributed by atoms with van der Waals surface area (Å²) in [5, 5.41) is 0. The molecule has 0 radical (unpaired) electrons. The van der Waals surface area contributed by atoms with Crippen LogP contribution in [0.25, 0.3) is 0 Å². The summed E-state index contributed by atoms with van der Waals surface area (Å²) in [6, 6.07) is 0. The molecular formula is C12H16. The van der Waals surface area contributed by atoms with E-state index in [4.69, 9.17) is 0 Å². The molecule has 64 valence electrons. The van der Waals surface area contributed by atoms with Crippen molar-refractivity contribution in [2.24, 2.45) is 11.8 Å². The Morgan fingerprint density at radius 3 is 2.50 bits per heavy atom. The first-order valence-electron chi connectivity index (χ1n) is 4.57. The van der Waals surface area contributed by atoms with E-state index in [0.717, 1.165) is 6.42 Å². The molecular weight excluding hydrogens is 144 g/mol. The second kappa shape index (κ2) is 3.63. The van der Waals surface area contributed by atoms with E-state index in [0.29, 0.717) is 11.8 Å². The molecule has 1 aliphatic rings. The molecule has 0 aliphatic heterocycles. The Balaban J connectivity index is 2.76. The highest BCUT2D eigenvalue weighted by atomic mass is 14.2. The van der Waals surface area contributed by atoms with E-state index < -0.39 is 0 Å². The molecule has 0 heteroatoms. The van der Waals surface area contributed by atoms with Gasteiger partial charge in [-0.05, 0) is 24.3 Å². The van der Waals surface area contributed by atoms with Crippen LogP contribution in [0, 0.1) is 11.8 Å². The molecule has 1 aliphatic carbocycles. The van der Waals surface area contributed by atoms with Crippen molar-refractivity contribution in [3.8, 4) is 0 Å². The molecule has 1 rings (SSSR count). The van der Waals surface area contributed by atoms with Crippen LogP contribution in [0.4, 0.5) is 0 Å². The minimum atomic E-state index is 0.601. The molecule has 0 saturated carbocycles. The number of hydrogen-bond donors (Lipinski definition) is 0. The maximum atomic E-state index is 3.73. The van der Waals surface area contributed by atoms with Crippen LogP contribution in [0.5, 0.6) is 0 Å². The Kier molecular flexibility index (Phi) is 2.76. The average Bonchev–Trinajstić information content (AvgIpc) is 2.81. The maximum absolute atomic E-state index is 3.73. The van der Waals surface area contributed by atoms with Crippen molar-refractivity contribution < 1.29 is 0 Å². The zero-order chi connectivity index (χ0) is 9.14. The minimum Gasteiger partial charge on any atom is -0.124 e. The number of allylic oxidation sites excluding steroid dienone is 2. The van der Waals surface area contributed by atoms with Crippen LogP contribution in [0.1, 0.15) is 27.2 Å². The maximum Gasteiger partial charge on any atom is 0.0354 e. The van der Waals surface area contributed by atoms with Crippen molar-refractivity contribution in [1.29, 1.82) is 0 Å². The van der Waals surface area contributed by atoms with Crippen LogP contribution in [0.3, 0.4) is 0 Å². The van der Waals surface area contributed by atoms with E-state index in [-0.39, 0.29) is 0 Å². The summed E-state index contributed by atoms with van der Waals surface area (Å²) in [5.74, 6) is 1.27. The predicted octanol–water partition coefficient (Wildman–Crippen LogP) is 3.48. The molecule has 12 heavy (non-hydrogen) atoms. The highest BCUT2D eigenvalue weighted by Crippen LogP contribution is 2.31. The summed E-state index contributed by atoms with van der Waals surface area (Å²) in [5.41, 5.74) is 8.62. The normalized spacial score (nSPS) is 15.5. The van der Waals surface area contributed by atoms with Crippen molar-refractivity contribution >= 4 is 0 Å². The van der Waals surface area contributed by atoms with Gasteiger partial charge in [0.25, 0.3) is 0 Å². The van der Waals surface area contributed by atoms with Gasteiger partial charge in [-0.25, -0.2) is 0 Å². The van der Waals surface area contributed by atoms with Crippen LogP contribution < -0.4 is 0 Å². The molecule has 0 aromatic carbocycles. The molecule has 0 saturated heterocycles. The van der Waals surface area contributed by atoms with Gasteiger partial charge in [0.1, 0.15) is 0 Å². The van der Waals surface area contributed by atoms with Crippen molar-refractivity contribution in [2.75, 3.05) is 0 Å². The van der Waals surface area contributed by atoms with Gasteiger partial charge in [-0.15, -0.1) is 11.5 Å². The summed E-state index contributed by atoms with van der Waals surface area (Å²) in [6.07, 6.45) is 3.17. The molecule has 0 fully saturated rings. The standard InChI is InChI=1S/C12H16/c1-5-11(9(3)4)12(6-2)10-7-8-10/h7,9,11H,2,5H2,1,3-4H3. The van der Waals surface area contributed by atoms with Gasteiger partial charge in [0.2, 0.25) is 0 Å². The Bertz CT molecular complexity index is 279. The molecule has 1 atom stereocenters. The summed E-state index contributed by atoms with van der Waals surface area (Å²) in [6.45, 7) is 10.4. The molecule has 0 nitrogen and oxygen atoms in total. The van der Waals surface area contributed by atoms with Crippen LogP contribution in [0.15, 0.2) is 35.3 Å². The monoisotopic (exact) mass is 160 g/mol. The lowest BCUT2D eigenvalue weighted by Crippen LogP contribution is -2.09. The number of rotatable bonds is 4. The lowest BCUT2D eigenvalue weighted by Gasteiger charge is -2.19. The van der Waals surface area contributed by atoms with Gasteiger partial charge in [0.15, 0.2) is 0 Å². The van der Waals surface area contributed by atoms with Gasteiger partial charge in [-0.2, -0.15) is 0 Å². The molecule has 0 amide bonds. The second-order valence-corrected chi connectivity index (χ2v) is 3.55. The molecule has 0 N–H and O–H groups in total. The Labute approximate surface area is 75.0 Å². The third-order valence-electron chi connectivity index (χ3n) is 2.38. The zero-order valence-corrected chi connectivity index (χ0v) is 8.15. The minimum absolute atomic E-state index is 0.601. The van der Waals surface area contributed by atoms with Gasteiger partial charge in [-0.3, -0.25) is 0 Å². The zero-order valence-electron chi connectivity index (χ0n) is 8.15. The Morgan fingerprint density at radius 1 is 1.67 bits per heavy atom. The van der Waals surface area contributed by atoms with Gasteiger partial charge in [-0.1, -0.05) is 27.4 Å². The Morgan fingerprint density at radius 2 is 2.25 bits per heavy atom. The van der Waals surface area contributed by atoms with Crippen molar-refractivity contribution in [2.45, 2.75) is 27.2 Å². The fourth-order valence-corrected chi connectivity index (χ4v) is 1.63. The third-order valence-corrected chi connectivity index (χ3v) is 2.38. The first-order chi connectivity index (χ1) is 5.70. The quantitative estimate of drug-likeness (QED) is 0.552. The largest absolute Gasteiger partial charge is 0.124 e. The smallest absolute Gasteiger partial charge is 0.0354 e. The molecule has 1 unspecified atom stereocenters. The fourth-order valence-electron chi connectivity index (χ4n) is 1.63. The van der Waals surface area contributed by atoms with Gasteiger partial charge >= 0.3 is 0 Å². The van der Waals surface area contributed by atoms with E-state index in [1.807, 2.05) is 6.08 Å². The van der Waals surface area contributed by atoms with E-state index in [2.05, 4.69) is 38.8 Å². The summed E-state index contributed by atoms with van der Waals surface area (Å²) < 4.78 is 0. The predicted molar refractivity (Wildman–Crippen MR) is 52.9 cm³/mol. The first-order valence-corrected chi connectivity index (χ1v) is 4.57. The van der Waals surface area contributed by atoms with Crippen molar-refractivity contribution in [3.63, 3.8) is 0 Å². The van der Waals surface area contributed by atoms with Gasteiger partial charge < -0.3 is 0 Å². The highest BCUT2D eigenvalue weighted by molar-refractivity contribution is 5.49. The SMILES string of the molecule is C=C=C(C1=C=C1)C(CC)C(C)C. The molecule has 0 spiro atoms. The highest BCUT2D eigenvalue weighted by Gasteiger charge is 2.20.